The van der Waals surface area contributed by atoms with Gasteiger partial charge >= 0.3 is 0 Å². The van der Waals surface area contributed by atoms with Crippen molar-refractivity contribution in [3.63, 3.8) is 0 Å². The van der Waals surface area contributed by atoms with E-state index >= 15 is 0 Å². The van der Waals surface area contributed by atoms with E-state index in [4.69, 9.17) is 69.6 Å². The third kappa shape index (κ3) is 3.59. The van der Waals surface area contributed by atoms with Gasteiger partial charge in [0.05, 0.1) is 25.8 Å². The second kappa shape index (κ2) is 6.97. The summed E-state index contributed by atoms with van der Waals surface area (Å²) in [7, 11) is 0. The molecule has 0 aliphatic heterocycles. The van der Waals surface area contributed by atoms with Crippen LogP contribution in [0.25, 0.3) is 21.8 Å². The molecule has 0 radical (unpaired) electrons. The van der Waals surface area contributed by atoms with E-state index in [1.165, 1.54) is 11.3 Å². The van der Waals surface area contributed by atoms with Crippen molar-refractivity contribution < 1.29 is 0 Å². The van der Waals surface area contributed by atoms with Crippen molar-refractivity contribution in [2.75, 3.05) is 0 Å². The van der Waals surface area contributed by atoms with Crippen LogP contribution in [0.4, 0.5) is 0 Å². The lowest BCUT2D eigenvalue weighted by molar-refractivity contribution is 1.40. The Labute approximate surface area is 166 Å². The predicted molar refractivity (Wildman–Crippen MR) is 103 cm³/mol. The lowest BCUT2D eigenvalue weighted by Gasteiger charge is -2.05. The molecule has 8 heteroatoms. The summed E-state index contributed by atoms with van der Waals surface area (Å²) in [5, 5.41) is 5.00. The van der Waals surface area contributed by atoms with Crippen molar-refractivity contribution in [1.82, 2.24) is 4.98 Å². The van der Waals surface area contributed by atoms with Gasteiger partial charge in [-0.2, -0.15) is 0 Å². The van der Waals surface area contributed by atoms with Gasteiger partial charge in [-0.05, 0) is 24.3 Å². The van der Waals surface area contributed by atoms with Crippen LogP contribution in [0.1, 0.15) is 0 Å². The Kier molecular flexibility index (Phi) is 5.34. The molecule has 0 amide bonds. The van der Waals surface area contributed by atoms with E-state index in [-0.39, 0.29) is 0 Å². The number of nitrogens with zero attached hydrogens (tertiary/aromatic N) is 1. The molecule has 1 heterocycles. The SMILES string of the molecule is Clc1cc(Cl)c(Cl)c(-c2csc(-c3cc(Cl)cc(Cl)c3Cl)n2)c1. The number of hydrogen-bond donors (Lipinski definition) is 0. The normalized spacial score (nSPS) is 11.0. The van der Waals surface area contributed by atoms with Crippen LogP contribution in [0.3, 0.4) is 0 Å². The number of rotatable bonds is 2. The average Bonchev–Trinajstić information content (AvgIpc) is 2.96. The molecule has 0 spiro atoms. The van der Waals surface area contributed by atoms with Gasteiger partial charge in [0.2, 0.25) is 0 Å². The first-order valence-corrected chi connectivity index (χ1v) is 9.27. The van der Waals surface area contributed by atoms with E-state index in [0.29, 0.717) is 52.0 Å². The summed E-state index contributed by atoms with van der Waals surface area (Å²) in [4.78, 5) is 4.55. The van der Waals surface area contributed by atoms with E-state index in [2.05, 4.69) is 4.98 Å². The first-order chi connectivity index (χ1) is 10.9. The predicted octanol–water partition coefficient (Wildman–Crippen LogP) is 8.40. The Morgan fingerprint density at radius 3 is 1.83 bits per heavy atom. The standard InChI is InChI=1S/C15H5Cl6NS/c16-6-1-8(13(20)10(18)3-6)12-5-23-15(22-12)9-2-7(17)4-11(19)14(9)21/h1-5H. The highest BCUT2D eigenvalue weighted by Crippen LogP contribution is 2.41. The molecule has 0 bridgehead atoms. The molecule has 0 saturated heterocycles. The highest BCUT2D eigenvalue weighted by molar-refractivity contribution is 7.13. The summed E-state index contributed by atoms with van der Waals surface area (Å²) in [6.45, 7) is 0. The van der Waals surface area contributed by atoms with Crippen molar-refractivity contribution in [3.05, 3.63) is 59.8 Å². The van der Waals surface area contributed by atoms with E-state index in [1.54, 1.807) is 24.3 Å². The maximum absolute atomic E-state index is 6.24. The Balaban J connectivity index is 2.12. The van der Waals surface area contributed by atoms with Gasteiger partial charge in [0.25, 0.3) is 0 Å². The minimum atomic E-state index is 0.368. The lowest BCUT2D eigenvalue weighted by Crippen LogP contribution is -1.84. The zero-order valence-electron chi connectivity index (χ0n) is 11.0. The summed E-state index contributed by atoms with van der Waals surface area (Å²) in [5.74, 6) is 0. The van der Waals surface area contributed by atoms with Crippen LogP contribution in [0.15, 0.2) is 29.6 Å². The van der Waals surface area contributed by atoms with Gasteiger partial charge in [0.1, 0.15) is 5.01 Å². The Hall–Kier alpha value is -0.190. The van der Waals surface area contributed by atoms with Gasteiger partial charge < -0.3 is 0 Å². The van der Waals surface area contributed by atoms with Crippen LogP contribution in [0.5, 0.6) is 0 Å². The quantitative estimate of drug-likeness (QED) is 0.362. The molecule has 0 aliphatic rings. The van der Waals surface area contributed by atoms with Gasteiger partial charge in [-0.1, -0.05) is 69.6 Å². The molecule has 0 unspecified atom stereocenters. The van der Waals surface area contributed by atoms with Crippen LogP contribution >= 0.6 is 80.9 Å². The van der Waals surface area contributed by atoms with Crippen molar-refractivity contribution in [3.8, 4) is 21.8 Å². The number of benzene rings is 2. The molecule has 3 rings (SSSR count). The highest BCUT2D eigenvalue weighted by Gasteiger charge is 2.16. The Bertz CT molecular complexity index is 833. The van der Waals surface area contributed by atoms with Gasteiger partial charge in [-0.3, -0.25) is 0 Å². The second-order valence-corrected chi connectivity index (χ2v) is 7.84. The number of hydrogen-bond acceptors (Lipinski definition) is 2. The van der Waals surface area contributed by atoms with Gasteiger partial charge in [-0.25, -0.2) is 4.98 Å². The zero-order valence-corrected chi connectivity index (χ0v) is 16.4. The highest BCUT2D eigenvalue weighted by atomic mass is 35.5. The third-order valence-corrected chi connectivity index (χ3v) is 5.91. The zero-order chi connectivity index (χ0) is 16.7. The molecule has 1 aromatic heterocycles. The summed E-state index contributed by atoms with van der Waals surface area (Å²) in [6, 6.07) is 6.58. The summed E-state index contributed by atoms with van der Waals surface area (Å²) in [5.41, 5.74) is 1.95. The van der Waals surface area contributed by atoms with Crippen LogP contribution in [-0.2, 0) is 0 Å². The molecule has 0 N–H and O–H groups in total. The van der Waals surface area contributed by atoms with E-state index < -0.39 is 0 Å². The Morgan fingerprint density at radius 1 is 0.696 bits per heavy atom. The second-order valence-electron chi connectivity index (χ2n) is 4.54. The molecule has 0 aliphatic carbocycles. The molecule has 0 saturated carbocycles. The van der Waals surface area contributed by atoms with Crippen LogP contribution in [0.2, 0.25) is 30.1 Å². The van der Waals surface area contributed by atoms with Gasteiger partial charge in [0, 0.05) is 26.6 Å². The summed E-state index contributed by atoms with van der Waals surface area (Å²) < 4.78 is 0. The van der Waals surface area contributed by atoms with Crippen molar-refractivity contribution in [2.24, 2.45) is 0 Å². The van der Waals surface area contributed by atoms with Crippen molar-refractivity contribution >= 4 is 80.9 Å². The molecule has 3 aromatic rings. The molecular weight excluding hydrogens is 439 g/mol. The topological polar surface area (TPSA) is 12.9 Å². The third-order valence-electron chi connectivity index (χ3n) is 3.00. The average molecular weight is 444 g/mol. The van der Waals surface area contributed by atoms with E-state index in [9.17, 15) is 0 Å². The molecule has 23 heavy (non-hydrogen) atoms. The lowest BCUT2D eigenvalue weighted by atomic mass is 10.1. The molecule has 1 nitrogen and oxygen atoms in total. The van der Waals surface area contributed by atoms with Crippen molar-refractivity contribution in [1.29, 1.82) is 0 Å². The molecule has 118 valence electrons. The van der Waals surface area contributed by atoms with Crippen LogP contribution < -0.4 is 0 Å². The minimum absolute atomic E-state index is 0.368. The van der Waals surface area contributed by atoms with Gasteiger partial charge in [-0.15, -0.1) is 11.3 Å². The number of halogens is 6. The molecule has 0 atom stereocenters. The largest absolute Gasteiger partial charge is 0.236 e. The number of aromatic nitrogens is 1. The van der Waals surface area contributed by atoms with E-state index in [0.717, 1.165) is 0 Å². The Morgan fingerprint density at radius 2 is 1.22 bits per heavy atom. The van der Waals surface area contributed by atoms with Crippen LogP contribution in [0, 0.1) is 0 Å². The summed E-state index contributed by atoms with van der Waals surface area (Å²) >= 11 is 38.1. The monoisotopic (exact) mass is 441 g/mol. The fourth-order valence-electron chi connectivity index (χ4n) is 1.98. The minimum Gasteiger partial charge on any atom is -0.236 e. The maximum Gasteiger partial charge on any atom is 0.125 e. The van der Waals surface area contributed by atoms with Gasteiger partial charge in [0.15, 0.2) is 0 Å². The van der Waals surface area contributed by atoms with E-state index in [1.807, 2.05) is 5.38 Å². The van der Waals surface area contributed by atoms with Crippen molar-refractivity contribution in [2.45, 2.75) is 0 Å². The molecule has 2 aromatic carbocycles. The van der Waals surface area contributed by atoms with Crippen LogP contribution in [-0.4, -0.2) is 4.98 Å². The first-order valence-electron chi connectivity index (χ1n) is 6.12. The fraction of sp³-hybridized carbons (Fsp3) is 0. The number of thiazole rings is 1. The summed E-state index contributed by atoms with van der Waals surface area (Å²) in [6.07, 6.45) is 0. The first kappa shape index (κ1) is 17.6. The molecule has 0 fully saturated rings. The molecular formula is C15H5Cl6NS. The fourth-order valence-corrected chi connectivity index (χ4v) is 4.26. The maximum atomic E-state index is 6.24. The smallest absolute Gasteiger partial charge is 0.125 e.